The molecule has 0 aliphatic carbocycles. The number of ether oxygens (including phenoxy) is 1. The van der Waals surface area contributed by atoms with Gasteiger partial charge in [-0.2, -0.15) is 0 Å². The lowest BCUT2D eigenvalue weighted by Crippen LogP contribution is -2.42. The molecule has 1 aliphatic heterocycles. The molecule has 26 heavy (non-hydrogen) atoms. The van der Waals surface area contributed by atoms with Gasteiger partial charge in [-0.1, -0.05) is 54.6 Å². The highest BCUT2D eigenvalue weighted by Crippen LogP contribution is 2.24. The smallest absolute Gasteiger partial charge is 0.410 e. The van der Waals surface area contributed by atoms with E-state index in [4.69, 9.17) is 4.74 Å². The predicted molar refractivity (Wildman–Crippen MR) is 102 cm³/mol. The molecule has 4 nitrogen and oxygen atoms in total. The molecule has 2 aromatic rings. The first-order valence-corrected chi connectivity index (χ1v) is 9.00. The fourth-order valence-corrected chi connectivity index (χ4v) is 3.22. The number of rotatable bonds is 3. The molecule has 1 amide bonds. The number of hydrogen-bond acceptors (Lipinski definition) is 3. The van der Waals surface area contributed by atoms with Gasteiger partial charge < -0.3 is 4.74 Å². The van der Waals surface area contributed by atoms with Crippen molar-refractivity contribution >= 4 is 11.9 Å². The molecule has 0 bridgehead atoms. The summed E-state index contributed by atoms with van der Waals surface area (Å²) in [4.78, 5) is 26.4. The number of hydrogen-bond donors (Lipinski definition) is 0. The van der Waals surface area contributed by atoms with E-state index in [1.54, 1.807) is 4.90 Å². The van der Waals surface area contributed by atoms with E-state index in [9.17, 15) is 9.59 Å². The molecular weight excluding hydrogens is 326 g/mol. The van der Waals surface area contributed by atoms with Gasteiger partial charge in [-0.05, 0) is 37.5 Å². The van der Waals surface area contributed by atoms with Crippen molar-refractivity contribution in [2.75, 3.05) is 6.54 Å². The average Bonchev–Trinajstić information content (AvgIpc) is 2.95. The zero-order chi connectivity index (χ0) is 18.7. The van der Waals surface area contributed by atoms with E-state index in [1.165, 1.54) is 0 Å². The Morgan fingerprint density at radius 1 is 1.08 bits per heavy atom. The number of amides is 1. The van der Waals surface area contributed by atoms with Crippen molar-refractivity contribution in [3.05, 3.63) is 60.2 Å². The first-order chi connectivity index (χ1) is 12.3. The van der Waals surface area contributed by atoms with Gasteiger partial charge in [0, 0.05) is 19.4 Å². The topological polar surface area (TPSA) is 46.6 Å². The highest BCUT2D eigenvalue weighted by Gasteiger charge is 2.37. The molecule has 0 spiro atoms. The summed E-state index contributed by atoms with van der Waals surface area (Å²) in [5.41, 5.74) is 2.72. The zero-order valence-electron chi connectivity index (χ0n) is 15.6. The molecule has 1 unspecified atom stereocenters. The standard InChI is InChI=1S/C22H25NO3/c1-22(2,3)26-21(25)23-13-12-20(24)19(23)15-16-8-7-11-18(14-16)17-9-5-4-6-10-17/h4-11,14,19H,12-13,15H2,1-3H3. The molecule has 1 atom stereocenters. The molecule has 0 saturated carbocycles. The lowest BCUT2D eigenvalue weighted by Gasteiger charge is -2.28. The van der Waals surface area contributed by atoms with Crippen LogP contribution in [0, 0.1) is 0 Å². The second-order valence-electron chi connectivity index (χ2n) is 7.68. The monoisotopic (exact) mass is 351 g/mol. The number of Topliss-reactive ketones (excluding diaryl/α,β-unsaturated/α-hetero) is 1. The number of carbonyl (C=O) groups is 2. The van der Waals surface area contributed by atoms with Gasteiger partial charge in [-0.3, -0.25) is 9.69 Å². The van der Waals surface area contributed by atoms with Crippen molar-refractivity contribution in [2.24, 2.45) is 0 Å². The summed E-state index contributed by atoms with van der Waals surface area (Å²) in [6.45, 7) is 5.93. The highest BCUT2D eigenvalue weighted by molar-refractivity contribution is 5.91. The van der Waals surface area contributed by atoms with Crippen molar-refractivity contribution in [1.82, 2.24) is 4.90 Å². The minimum atomic E-state index is -0.569. The third-order valence-electron chi connectivity index (χ3n) is 4.44. The quantitative estimate of drug-likeness (QED) is 0.819. The Balaban J connectivity index is 1.78. The third-order valence-corrected chi connectivity index (χ3v) is 4.44. The van der Waals surface area contributed by atoms with Gasteiger partial charge in [-0.25, -0.2) is 4.79 Å². The number of likely N-dealkylation sites (tertiary alicyclic amines) is 1. The lowest BCUT2D eigenvalue weighted by atomic mass is 9.98. The second-order valence-corrected chi connectivity index (χ2v) is 7.68. The van der Waals surface area contributed by atoms with Gasteiger partial charge in [0.25, 0.3) is 0 Å². The molecule has 4 heteroatoms. The Hall–Kier alpha value is -2.62. The highest BCUT2D eigenvalue weighted by atomic mass is 16.6. The van der Waals surface area contributed by atoms with Crippen LogP contribution in [-0.4, -0.2) is 35.0 Å². The normalized spacial score (nSPS) is 17.4. The maximum atomic E-state index is 12.4. The number of carbonyl (C=O) groups excluding carboxylic acids is 2. The van der Waals surface area contributed by atoms with Crippen LogP contribution in [0.2, 0.25) is 0 Å². The van der Waals surface area contributed by atoms with E-state index >= 15 is 0 Å². The first kappa shape index (κ1) is 18.2. The van der Waals surface area contributed by atoms with E-state index in [0.29, 0.717) is 19.4 Å². The third kappa shape index (κ3) is 4.31. The van der Waals surface area contributed by atoms with E-state index in [1.807, 2.05) is 51.1 Å². The average molecular weight is 351 g/mol. The van der Waals surface area contributed by atoms with Gasteiger partial charge >= 0.3 is 6.09 Å². The van der Waals surface area contributed by atoms with Crippen molar-refractivity contribution < 1.29 is 14.3 Å². The molecule has 0 radical (unpaired) electrons. The summed E-state index contributed by atoms with van der Waals surface area (Å²) in [5, 5.41) is 0. The van der Waals surface area contributed by atoms with Crippen LogP contribution in [0.3, 0.4) is 0 Å². The first-order valence-electron chi connectivity index (χ1n) is 9.00. The van der Waals surface area contributed by atoms with E-state index in [-0.39, 0.29) is 5.78 Å². The Labute approximate surface area is 154 Å². The summed E-state index contributed by atoms with van der Waals surface area (Å²) in [6.07, 6.45) is 0.494. The van der Waals surface area contributed by atoms with Gasteiger partial charge in [0.2, 0.25) is 0 Å². The minimum Gasteiger partial charge on any atom is -0.444 e. The Morgan fingerprint density at radius 3 is 2.46 bits per heavy atom. The Bertz CT molecular complexity index is 793. The molecule has 1 aliphatic rings. The van der Waals surface area contributed by atoms with Crippen molar-refractivity contribution in [3.8, 4) is 11.1 Å². The predicted octanol–water partition coefficient (Wildman–Crippen LogP) is 4.47. The minimum absolute atomic E-state index is 0.0981. The molecule has 1 heterocycles. The zero-order valence-corrected chi connectivity index (χ0v) is 15.6. The molecule has 1 saturated heterocycles. The van der Waals surface area contributed by atoms with Crippen LogP contribution in [0.1, 0.15) is 32.8 Å². The van der Waals surface area contributed by atoms with Gasteiger partial charge in [0.1, 0.15) is 5.60 Å². The van der Waals surface area contributed by atoms with Gasteiger partial charge in [-0.15, -0.1) is 0 Å². The molecule has 0 aromatic heterocycles. The van der Waals surface area contributed by atoms with Crippen LogP contribution in [0.5, 0.6) is 0 Å². The summed E-state index contributed by atoms with van der Waals surface area (Å²) in [6, 6.07) is 17.8. The molecule has 0 N–H and O–H groups in total. The van der Waals surface area contributed by atoms with Crippen molar-refractivity contribution in [1.29, 1.82) is 0 Å². The van der Waals surface area contributed by atoms with E-state index in [2.05, 4.69) is 24.3 Å². The summed E-state index contributed by atoms with van der Waals surface area (Å²) >= 11 is 0. The number of benzene rings is 2. The molecule has 2 aromatic carbocycles. The van der Waals surface area contributed by atoms with Crippen molar-refractivity contribution in [3.63, 3.8) is 0 Å². The van der Waals surface area contributed by atoms with Crippen LogP contribution in [0.15, 0.2) is 54.6 Å². The maximum absolute atomic E-state index is 12.4. The molecule has 3 rings (SSSR count). The maximum Gasteiger partial charge on any atom is 0.410 e. The lowest BCUT2D eigenvalue weighted by molar-refractivity contribution is -0.119. The van der Waals surface area contributed by atoms with Crippen LogP contribution in [0.25, 0.3) is 11.1 Å². The van der Waals surface area contributed by atoms with Crippen LogP contribution in [0.4, 0.5) is 4.79 Å². The Morgan fingerprint density at radius 2 is 1.77 bits per heavy atom. The SMILES string of the molecule is CC(C)(C)OC(=O)N1CCC(=O)C1Cc1cccc(-c2ccccc2)c1. The second kappa shape index (κ2) is 7.32. The summed E-state index contributed by atoms with van der Waals surface area (Å²) in [5.74, 6) is 0.0981. The molecule has 136 valence electrons. The molecule has 1 fully saturated rings. The van der Waals surface area contributed by atoms with Crippen LogP contribution in [-0.2, 0) is 16.0 Å². The summed E-state index contributed by atoms with van der Waals surface area (Å²) < 4.78 is 5.47. The van der Waals surface area contributed by atoms with E-state index < -0.39 is 17.7 Å². The number of nitrogens with zero attached hydrogens (tertiary/aromatic N) is 1. The number of ketones is 1. The van der Waals surface area contributed by atoms with Crippen molar-refractivity contribution in [2.45, 2.75) is 45.3 Å². The molecular formula is C22H25NO3. The summed E-state index contributed by atoms with van der Waals surface area (Å²) in [7, 11) is 0. The van der Waals surface area contributed by atoms with Crippen LogP contribution >= 0.6 is 0 Å². The van der Waals surface area contributed by atoms with Gasteiger partial charge in [0.15, 0.2) is 5.78 Å². The van der Waals surface area contributed by atoms with Crippen LogP contribution < -0.4 is 0 Å². The fraction of sp³-hybridized carbons (Fsp3) is 0.364. The fourth-order valence-electron chi connectivity index (χ4n) is 3.22. The van der Waals surface area contributed by atoms with E-state index in [0.717, 1.165) is 16.7 Å². The van der Waals surface area contributed by atoms with Gasteiger partial charge in [0.05, 0.1) is 6.04 Å². The largest absolute Gasteiger partial charge is 0.444 e. The Kier molecular flexibility index (Phi) is 5.12.